The molecule has 1 rings (SSSR count). The highest BCUT2D eigenvalue weighted by Gasteiger charge is 2.30. The molecule has 0 aliphatic rings. The number of benzene rings is 1. The fourth-order valence-electron chi connectivity index (χ4n) is 2.06. The van der Waals surface area contributed by atoms with Crippen molar-refractivity contribution in [3.63, 3.8) is 0 Å². The van der Waals surface area contributed by atoms with Gasteiger partial charge in [-0.15, -0.1) is 0 Å². The van der Waals surface area contributed by atoms with Crippen LogP contribution in [0.5, 0.6) is 0 Å². The molecule has 4 atom stereocenters. The minimum atomic E-state index is -1.52. The number of nitrogens with two attached hydrogens (primary N) is 1. The van der Waals surface area contributed by atoms with Gasteiger partial charge in [0.1, 0.15) is 12.1 Å². The summed E-state index contributed by atoms with van der Waals surface area (Å²) in [5.74, 6) is -2.93. The quantitative estimate of drug-likeness (QED) is 0.299. The lowest BCUT2D eigenvalue weighted by atomic mass is 10.0. The third-order valence-electron chi connectivity index (χ3n) is 3.50. The Balaban J connectivity index is 2.93. The SMILES string of the molecule is C[C@@H](O)[C@H](NC(=O)[C@H](Cc1ccccc1)NC(=O)[C@@H](N)CO)C(=O)O. The van der Waals surface area contributed by atoms with Crippen LogP contribution >= 0.6 is 0 Å². The first-order valence-electron chi connectivity index (χ1n) is 7.68. The molecule has 7 N–H and O–H groups in total. The van der Waals surface area contributed by atoms with Crippen molar-refractivity contribution in [1.29, 1.82) is 0 Å². The second-order valence-corrected chi connectivity index (χ2v) is 5.61. The fraction of sp³-hybridized carbons (Fsp3) is 0.438. The molecule has 0 aliphatic heterocycles. The molecule has 0 bridgehead atoms. The molecule has 2 amide bonds. The number of aliphatic hydroxyl groups is 2. The average molecular weight is 353 g/mol. The summed E-state index contributed by atoms with van der Waals surface area (Å²) in [6, 6.07) is 4.92. The molecule has 1 aromatic carbocycles. The molecule has 9 nitrogen and oxygen atoms in total. The molecule has 1 aromatic rings. The van der Waals surface area contributed by atoms with Crippen LogP contribution < -0.4 is 16.4 Å². The standard InChI is InChI=1S/C16H23N3O6/c1-9(21)13(16(24)25)19-15(23)12(18-14(22)11(17)8-20)7-10-5-3-2-4-6-10/h2-6,9,11-13,20-21H,7-8,17H2,1H3,(H,18,22)(H,19,23)(H,24,25)/t9-,11+,12+,13+/m1/s1. The molecule has 0 saturated heterocycles. The van der Waals surface area contributed by atoms with Crippen molar-refractivity contribution >= 4 is 17.8 Å². The van der Waals surface area contributed by atoms with Gasteiger partial charge in [-0.3, -0.25) is 9.59 Å². The average Bonchev–Trinajstić information content (AvgIpc) is 2.58. The van der Waals surface area contributed by atoms with E-state index in [0.29, 0.717) is 0 Å². The first-order valence-corrected chi connectivity index (χ1v) is 7.68. The van der Waals surface area contributed by atoms with Gasteiger partial charge in [0.05, 0.1) is 12.7 Å². The topological polar surface area (TPSA) is 162 Å². The van der Waals surface area contributed by atoms with Crippen molar-refractivity contribution in [2.45, 2.75) is 37.6 Å². The molecule has 0 radical (unpaired) electrons. The first-order chi connectivity index (χ1) is 11.8. The minimum absolute atomic E-state index is 0.0860. The summed E-state index contributed by atoms with van der Waals surface area (Å²) in [5, 5.41) is 32.1. The Kier molecular flexibility index (Phi) is 7.99. The third kappa shape index (κ3) is 6.49. The number of hydrogen-bond donors (Lipinski definition) is 6. The second kappa shape index (κ2) is 9.72. The van der Waals surface area contributed by atoms with Gasteiger partial charge in [0.25, 0.3) is 0 Å². The van der Waals surface area contributed by atoms with Crippen LogP contribution in [-0.2, 0) is 20.8 Å². The van der Waals surface area contributed by atoms with Crippen molar-refractivity contribution in [2.24, 2.45) is 5.73 Å². The van der Waals surface area contributed by atoms with Crippen molar-refractivity contribution in [3.8, 4) is 0 Å². The third-order valence-corrected chi connectivity index (χ3v) is 3.50. The molecule has 0 fully saturated rings. The van der Waals surface area contributed by atoms with Gasteiger partial charge in [-0.2, -0.15) is 0 Å². The normalized spacial score (nSPS) is 15.5. The number of hydrogen-bond acceptors (Lipinski definition) is 6. The molecule has 0 saturated carbocycles. The van der Waals surface area contributed by atoms with Gasteiger partial charge in [0, 0.05) is 6.42 Å². The summed E-state index contributed by atoms with van der Waals surface area (Å²) < 4.78 is 0. The fourth-order valence-corrected chi connectivity index (χ4v) is 2.06. The van der Waals surface area contributed by atoms with E-state index in [1.165, 1.54) is 6.92 Å². The lowest BCUT2D eigenvalue weighted by Crippen LogP contribution is -2.57. The van der Waals surface area contributed by atoms with Gasteiger partial charge in [-0.1, -0.05) is 30.3 Å². The number of amides is 2. The smallest absolute Gasteiger partial charge is 0.328 e. The molecule has 0 spiro atoms. The van der Waals surface area contributed by atoms with Crippen LogP contribution in [0.25, 0.3) is 0 Å². The number of nitrogens with one attached hydrogen (secondary N) is 2. The number of rotatable bonds is 9. The van der Waals surface area contributed by atoms with Gasteiger partial charge < -0.3 is 31.7 Å². The Bertz CT molecular complexity index is 593. The van der Waals surface area contributed by atoms with Crippen LogP contribution in [0.15, 0.2) is 30.3 Å². The van der Waals surface area contributed by atoms with Crippen LogP contribution in [0.3, 0.4) is 0 Å². The van der Waals surface area contributed by atoms with Crippen LogP contribution in [0, 0.1) is 0 Å². The number of aliphatic carboxylic acids is 1. The molecular weight excluding hydrogens is 330 g/mol. The van der Waals surface area contributed by atoms with Crippen molar-refractivity contribution in [3.05, 3.63) is 35.9 Å². The monoisotopic (exact) mass is 353 g/mol. The van der Waals surface area contributed by atoms with Crippen molar-refractivity contribution in [2.75, 3.05) is 6.61 Å². The predicted molar refractivity (Wildman–Crippen MR) is 88.4 cm³/mol. The van der Waals surface area contributed by atoms with Gasteiger partial charge in [0.15, 0.2) is 6.04 Å². The van der Waals surface area contributed by atoms with Gasteiger partial charge in [0.2, 0.25) is 11.8 Å². The first kappa shape index (κ1) is 20.6. The number of carbonyl (C=O) groups excluding carboxylic acids is 2. The van der Waals surface area contributed by atoms with E-state index in [2.05, 4.69) is 10.6 Å². The summed E-state index contributed by atoms with van der Waals surface area (Å²) in [5.41, 5.74) is 6.15. The summed E-state index contributed by atoms with van der Waals surface area (Å²) in [4.78, 5) is 35.4. The molecule has 0 aliphatic carbocycles. The Morgan fingerprint density at radius 2 is 1.72 bits per heavy atom. The predicted octanol–water partition coefficient (Wildman–Crippen LogP) is -2.02. The maximum atomic E-state index is 12.4. The highest BCUT2D eigenvalue weighted by molar-refractivity contribution is 5.92. The maximum absolute atomic E-state index is 12.4. The van der Waals surface area contributed by atoms with Crippen LogP contribution in [0.2, 0.25) is 0 Å². The van der Waals surface area contributed by atoms with Gasteiger partial charge >= 0.3 is 5.97 Å². The zero-order chi connectivity index (χ0) is 19.0. The number of aliphatic hydroxyl groups excluding tert-OH is 2. The Morgan fingerprint density at radius 1 is 1.12 bits per heavy atom. The molecule has 0 heterocycles. The minimum Gasteiger partial charge on any atom is -0.480 e. The molecule has 25 heavy (non-hydrogen) atoms. The molecular formula is C16H23N3O6. The van der Waals surface area contributed by atoms with E-state index in [1.54, 1.807) is 30.3 Å². The summed E-state index contributed by atoms with van der Waals surface area (Å²) in [6.45, 7) is 0.627. The number of carbonyl (C=O) groups is 3. The van der Waals surface area contributed by atoms with Crippen molar-refractivity contribution < 1.29 is 29.7 Å². The largest absolute Gasteiger partial charge is 0.480 e. The zero-order valence-electron chi connectivity index (χ0n) is 13.8. The van der Waals surface area contributed by atoms with E-state index in [1.807, 2.05) is 0 Å². The van der Waals surface area contributed by atoms with Gasteiger partial charge in [-0.05, 0) is 12.5 Å². The van der Waals surface area contributed by atoms with E-state index in [0.717, 1.165) is 5.56 Å². The number of carboxylic acids is 1. The lowest BCUT2D eigenvalue weighted by molar-refractivity contribution is -0.145. The number of carboxylic acid groups (broad SMARTS) is 1. The Labute approximate surface area is 144 Å². The van der Waals surface area contributed by atoms with Crippen molar-refractivity contribution in [1.82, 2.24) is 10.6 Å². The lowest BCUT2D eigenvalue weighted by Gasteiger charge is -2.23. The van der Waals surface area contributed by atoms with Gasteiger partial charge in [-0.25, -0.2) is 4.79 Å². The van der Waals surface area contributed by atoms with E-state index in [-0.39, 0.29) is 6.42 Å². The summed E-state index contributed by atoms with van der Waals surface area (Å²) in [6.07, 6.45) is -1.24. The van der Waals surface area contributed by atoms with E-state index < -0.39 is 48.6 Å². The molecule has 0 unspecified atom stereocenters. The second-order valence-electron chi connectivity index (χ2n) is 5.61. The highest BCUT2D eigenvalue weighted by atomic mass is 16.4. The van der Waals surface area contributed by atoms with E-state index in [4.69, 9.17) is 15.9 Å². The van der Waals surface area contributed by atoms with Crippen LogP contribution in [0.4, 0.5) is 0 Å². The Morgan fingerprint density at radius 3 is 2.20 bits per heavy atom. The summed E-state index contributed by atoms with van der Waals surface area (Å²) >= 11 is 0. The molecule has 138 valence electrons. The molecule has 0 aromatic heterocycles. The molecule has 9 heteroatoms. The van der Waals surface area contributed by atoms with Crippen LogP contribution in [0.1, 0.15) is 12.5 Å². The highest BCUT2D eigenvalue weighted by Crippen LogP contribution is 2.05. The van der Waals surface area contributed by atoms with Crippen LogP contribution in [-0.4, -0.2) is 63.9 Å². The maximum Gasteiger partial charge on any atom is 0.328 e. The van der Waals surface area contributed by atoms with E-state index in [9.17, 15) is 19.5 Å². The Hall–Kier alpha value is -2.49. The summed E-state index contributed by atoms with van der Waals surface area (Å²) in [7, 11) is 0. The van der Waals surface area contributed by atoms with E-state index >= 15 is 0 Å². The zero-order valence-corrected chi connectivity index (χ0v) is 13.8.